The predicted molar refractivity (Wildman–Crippen MR) is 83.9 cm³/mol. The van der Waals surface area contributed by atoms with E-state index in [2.05, 4.69) is 19.2 Å². The molecule has 0 atom stereocenters. The molecule has 1 aliphatic rings. The van der Waals surface area contributed by atoms with Gasteiger partial charge in [0.05, 0.1) is 11.4 Å². The molecule has 0 aliphatic carbocycles. The van der Waals surface area contributed by atoms with Crippen LogP contribution in [0, 0.1) is 5.92 Å². The van der Waals surface area contributed by atoms with Gasteiger partial charge in [-0.15, -0.1) is 0 Å². The Labute approximate surface area is 121 Å². The fraction of sp³-hybridized carbons (Fsp3) is 0.562. The fourth-order valence-corrected chi connectivity index (χ4v) is 2.46. The minimum atomic E-state index is 0.0999. The van der Waals surface area contributed by atoms with Crippen LogP contribution in [0.25, 0.3) is 0 Å². The van der Waals surface area contributed by atoms with Gasteiger partial charge in [0.15, 0.2) is 0 Å². The highest BCUT2D eigenvalue weighted by Gasteiger charge is 2.19. The molecule has 0 unspecified atom stereocenters. The number of nitrogens with one attached hydrogen (secondary N) is 1. The largest absolute Gasteiger partial charge is 0.397 e. The molecule has 0 radical (unpaired) electrons. The summed E-state index contributed by atoms with van der Waals surface area (Å²) in [6.45, 7) is 7.03. The maximum absolute atomic E-state index is 12.3. The van der Waals surface area contributed by atoms with Gasteiger partial charge in [-0.3, -0.25) is 4.79 Å². The molecule has 1 aromatic carbocycles. The van der Waals surface area contributed by atoms with Crippen molar-refractivity contribution in [3.05, 3.63) is 23.8 Å². The van der Waals surface area contributed by atoms with Crippen LogP contribution in [0.15, 0.2) is 18.2 Å². The normalized spacial score (nSPS) is 14.8. The number of hydrogen-bond acceptors (Lipinski definition) is 3. The summed E-state index contributed by atoms with van der Waals surface area (Å²) in [6.07, 6.45) is 3.32. The number of carbonyl (C=O) groups is 1. The first-order valence-corrected chi connectivity index (χ1v) is 7.50. The summed E-state index contributed by atoms with van der Waals surface area (Å²) in [5.41, 5.74) is 8.31. The van der Waals surface area contributed by atoms with Crippen molar-refractivity contribution in [1.82, 2.24) is 4.90 Å². The zero-order valence-electron chi connectivity index (χ0n) is 12.5. The van der Waals surface area contributed by atoms with Crippen molar-refractivity contribution in [2.24, 2.45) is 5.92 Å². The van der Waals surface area contributed by atoms with Crippen molar-refractivity contribution in [3.8, 4) is 0 Å². The Morgan fingerprint density at radius 2 is 2.05 bits per heavy atom. The van der Waals surface area contributed by atoms with E-state index >= 15 is 0 Å². The summed E-state index contributed by atoms with van der Waals surface area (Å²) in [5, 5.41) is 3.33. The summed E-state index contributed by atoms with van der Waals surface area (Å²) in [4.78, 5) is 14.2. The van der Waals surface area contributed by atoms with E-state index in [1.165, 1.54) is 0 Å². The Hall–Kier alpha value is -1.71. The zero-order chi connectivity index (χ0) is 14.5. The molecule has 1 fully saturated rings. The fourth-order valence-electron chi connectivity index (χ4n) is 2.46. The lowest BCUT2D eigenvalue weighted by atomic mass is 10.1. The Morgan fingerprint density at radius 1 is 1.35 bits per heavy atom. The van der Waals surface area contributed by atoms with Crippen molar-refractivity contribution in [2.45, 2.75) is 33.1 Å². The molecule has 20 heavy (non-hydrogen) atoms. The molecule has 0 spiro atoms. The Morgan fingerprint density at radius 3 is 2.65 bits per heavy atom. The summed E-state index contributed by atoms with van der Waals surface area (Å²) >= 11 is 0. The molecule has 1 amide bonds. The zero-order valence-corrected chi connectivity index (χ0v) is 12.5. The number of nitrogens with zero attached hydrogens (tertiary/aromatic N) is 1. The molecule has 1 aromatic rings. The number of nitrogen functional groups attached to an aromatic ring is 1. The third-order valence-electron chi connectivity index (χ3n) is 3.73. The number of benzene rings is 1. The van der Waals surface area contributed by atoms with Gasteiger partial charge in [0.25, 0.3) is 5.91 Å². The molecule has 1 aliphatic heterocycles. The summed E-state index contributed by atoms with van der Waals surface area (Å²) < 4.78 is 0. The van der Waals surface area contributed by atoms with Gasteiger partial charge in [-0.1, -0.05) is 13.8 Å². The van der Waals surface area contributed by atoms with E-state index in [1.807, 2.05) is 17.0 Å². The summed E-state index contributed by atoms with van der Waals surface area (Å²) in [6, 6.07) is 5.58. The lowest BCUT2D eigenvalue weighted by molar-refractivity contribution is 0.0793. The lowest BCUT2D eigenvalue weighted by Gasteiger charge is -2.16. The lowest BCUT2D eigenvalue weighted by Crippen LogP contribution is -2.27. The van der Waals surface area contributed by atoms with Crippen molar-refractivity contribution in [2.75, 3.05) is 30.7 Å². The maximum atomic E-state index is 12.3. The minimum Gasteiger partial charge on any atom is -0.397 e. The second-order valence-corrected chi connectivity index (χ2v) is 5.91. The van der Waals surface area contributed by atoms with Crippen LogP contribution >= 0.6 is 0 Å². The molecule has 0 bridgehead atoms. The highest BCUT2D eigenvalue weighted by Crippen LogP contribution is 2.22. The molecule has 110 valence electrons. The molecule has 4 nitrogen and oxygen atoms in total. The van der Waals surface area contributed by atoms with Crippen molar-refractivity contribution >= 4 is 17.3 Å². The van der Waals surface area contributed by atoms with E-state index in [9.17, 15) is 4.79 Å². The van der Waals surface area contributed by atoms with Crippen molar-refractivity contribution < 1.29 is 4.79 Å². The molecule has 2 rings (SSSR count). The third-order valence-corrected chi connectivity index (χ3v) is 3.73. The number of anilines is 2. The van der Waals surface area contributed by atoms with Crippen molar-refractivity contribution in [1.29, 1.82) is 0 Å². The standard InChI is InChI=1S/C16H25N3O/c1-12(2)7-8-18-15-6-5-13(11-14(15)17)16(20)19-9-3-4-10-19/h5-6,11-12,18H,3-4,7-10,17H2,1-2H3. The Kier molecular flexibility index (Phi) is 4.88. The number of amides is 1. The second-order valence-electron chi connectivity index (χ2n) is 5.91. The van der Waals surface area contributed by atoms with E-state index in [4.69, 9.17) is 5.73 Å². The number of carbonyl (C=O) groups excluding carboxylic acids is 1. The van der Waals surface area contributed by atoms with E-state index in [-0.39, 0.29) is 5.91 Å². The van der Waals surface area contributed by atoms with E-state index in [0.29, 0.717) is 17.2 Å². The van der Waals surface area contributed by atoms with Crippen LogP contribution in [0.2, 0.25) is 0 Å². The van der Waals surface area contributed by atoms with Gasteiger partial charge in [0.2, 0.25) is 0 Å². The van der Waals surface area contributed by atoms with Crippen LogP contribution in [-0.2, 0) is 0 Å². The summed E-state index contributed by atoms with van der Waals surface area (Å²) in [5.74, 6) is 0.766. The number of rotatable bonds is 5. The average Bonchev–Trinajstić information content (AvgIpc) is 2.93. The predicted octanol–water partition coefficient (Wildman–Crippen LogP) is 2.96. The molecule has 0 aromatic heterocycles. The molecule has 1 saturated heterocycles. The van der Waals surface area contributed by atoms with Gasteiger partial charge in [-0.25, -0.2) is 0 Å². The third kappa shape index (κ3) is 3.65. The molecular formula is C16H25N3O. The van der Waals surface area contributed by atoms with Crippen LogP contribution in [0.5, 0.6) is 0 Å². The number of hydrogen-bond donors (Lipinski definition) is 2. The first-order chi connectivity index (χ1) is 9.58. The SMILES string of the molecule is CC(C)CCNc1ccc(C(=O)N2CCCC2)cc1N. The Bertz CT molecular complexity index is 465. The highest BCUT2D eigenvalue weighted by atomic mass is 16.2. The number of nitrogens with two attached hydrogens (primary N) is 1. The smallest absolute Gasteiger partial charge is 0.253 e. The minimum absolute atomic E-state index is 0.0999. The van der Waals surface area contributed by atoms with Gasteiger partial charge >= 0.3 is 0 Å². The second kappa shape index (κ2) is 6.64. The van der Waals surface area contributed by atoms with Gasteiger partial charge in [0, 0.05) is 25.2 Å². The van der Waals surface area contributed by atoms with Crippen LogP contribution < -0.4 is 11.1 Å². The van der Waals surface area contributed by atoms with E-state index in [1.54, 1.807) is 6.07 Å². The van der Waals surface area contributed by atoms with Crippen LogP contribution in [-0.4, -0.2) is 30.4 Å². The van der Waals surface area contributed by atoms with Crippen molar-refractivity contribution in [3.63, 3.8) is 0 Å². The number of likely N-dealkylation sites (tertiary alicyclic amines) is 1. The average molecular weight is 275 g/mol. The quantitative estimate of drug-likeness (QED) is 0.812. The first-order valence-electron chi connectivity index (χ1n) is 7.50. The molecule has 3 N–H and O–H groups in total. The van der Waals surface area contributed by atoms with Gasteiger partial charge in [-0.05, 0) is 43.4 Å². The molecule has 1 heterocycles. The maximum Gasteiger partial charge on any atom is 0.253 e. The Balaban J connectivity index is 1.99. The molecule has 4 heteroatoms. The van der Waals surface area contributed by atoms with Crippen LogP contribution in [0.3, 0.4) is 0 Å². The topological polar surface area (TPSA) is 58.4 Å². The van der Waals surface area contributed by atoms with Crippen LogP contribution in [0.1, 0.15) is 43.5 Å². The molecule has 0 saturated carbocycles. The van der Waals surface area contributed by atoms with Gasteiger partial charge in [-0.2, -0.15) is 0 Å². The van der Waals surface area contributed by atoms with Gasteiger partial charge < -0.3 is 16.0 Å². The molecular weight excluding hydrogens is 250 g/mol. The van der Waals surface area contributed by atoms with E-state index < -0.39 is 0 Å². The highest BCUT2D eigenvalue weighted by molar-refractivity contribution is 5.96. The van der Waals surface area contributed by atoms with E-state index in [0.717, 1.165) is 44.6 Å². The van der Waals surface area contributed by atoms with Gasteiger partial charge in [0.1, 0.15) is 0 Å². The van der Waals surface area contributed by atoms with Crippen LogP contribution in [0.4, 0.5) is 11.4 Å². The summed E-state index contributed by atoms with van der Waals surface area (Å²) in [7, 11) is 0. The monoisotopic (exact) mass is 275 g/mol. The first kappa shape index (κ1) is 14.7.